The first kappa shape index (κ1) is 16.2. The van der Waals surface area contributed by atoms with Crippen LogP contribution in [0.15, 0.2) is 65.8 Å². The van der Waals surface area contributed by atoms with E-state index in [-0.39, 0.29) is 10.6 Å². The van der Waals surface area contributed by atoms with Crippen LogP contribution in [0, 0.1) is 11.6 Å². The number of sulfonamides is 1. The van der Waals surface area contributed by atoms with E-state index in [2.05, 4.69) is 9.71 Å². The second-order valence-electron chi connectivity index (χ2n) is 5.24. The van der Waals surface area contributed by atoms with Crippen molar-refractivity contribution in [3.63, 3.8) is 0 Å². The number of nitrogens with one attached hydrogen (secondary N) is 2. The van der Waals surface area contributed by atoms with Gasteiger partial charge in [0.2, 0.25) is 0 Å². The fourth-order valence-corrected chi connectivity index (χ4v) is 3.62. The highest BCUT2D eigenvalue weighted by atomic mass is 32.2. The topological polar surface area (TPSA) is 62.0 Å². The van der Waals surface area contributed by atoms with E-state index < -0.39 is 21.7 Å². The van der Waals surface area contributed by atoms with Crippen LogP contribution in [0.4, 0.5) is 14.5 Å². The largest absolute Gasteiger partial charge is 0.366 e. The van der Waals surface area contributed by atoms with Crippen LogP contribution in [0.3, 0.4) is 0 Å². The van der Waals surface area contributed by atoms with Gasteiger partial charge in [0, 0.05) is 24.9 Å². The third kappa shape index (κ3) is 3.46. The van der Waals surface area contributed by atoms with Crippen LogP contribution in [-0.4, -0.2) is 13.4 Å². The molecule has 0 spiro atoms. The van der Waals surface area contributed by atoms with Gasteiger partial charge in [-0.05, 0) is 23.3 Å². The number of aromatic amines is 1. The molecule has 0 amide bonds. The highest BCUT2D eigenvalue weighted by Gasteiger charge is 2.21. The Morgan fingerprint density at radius 2 is 1.75 bits per heavy atom. The Morgan fingerprint density at radius 1 is 1.00 bits per heavy atom. The highest BCUT2D eigenvalue weighted by Crippen LogP contribution is 2.23. The monoisotopic (exact) mass is 348 g/mol. The summed E-state index contributed by atoms with van der Waals surface area (Å²) >= 11 is 0. The molecule has 3 rings (SSSR count). The van der Waals surface area contributed by atoms with Gasteiger partial charge in [-0.25, -0.2) is 17.2 Å². The molecule has 0 aliphatic heterocycles. The number of hydrogen-bond acceptors (Lipinski definition) is 2. The van der Waals surface area contributed by atoms with E-state index in [9.17, 15) is 17.2 Å². The smallest absolute Gasteiger partial charge is 0.263 e. The van der Waals surface area contributed by atoms with Gasteiger partial charge in [0.15, 0.2) is 0 Å². The highest BCUT2D eigenvalue weighted by molar-refractivity contribution is 7.92. The number of rotatable bonds is 5. The van der Waals surface area contributed by atoms with Gasteiger partial charge in [-0.2, -0.15) is 0 Å². The molecule has 0 saturated heterocycles. The van der Waals surface area contributed by atoms with Gasteiger partial charge in [-0.1, -0.05) is 30.3 Å². The number of benzene rings is 2. The molecule has 0 atom stereocenters. The first-order chi connectivity index (χ1) is 11.5. The lowest BCUT2D eigenvalue weighted by atomic mass is 10.1. The van der Waals surface area contributed by atoms with Crippen molar-refractivity contribution in [2.45, 2.75) is 11.3 Å². The summed E-state index contributed by atoms with van der Waals surface area (Å²) in [5.74, 6) is -1.75. The summed E-state index contributed by atoms with van der Waals surface area (Å²) < 4.78 is 53.8. The van der Waals surface area contributed by atoms with Gasteiger partial charge in [-0.3, -0.25) is 4.72 Å². The summed E-state index contributed by atoms with van der Waals surface area (Å²) in [6.45, 7) is 0. The molecule has 124 valence electrons. The van der Waals surface area contributed by atoms with Gasteiger partial charge in [-0.15, -0.1) is 0 Å². The first-order valence-electron chi connectivity index (χ1n) is 7.13. The summed E-state index contributed by atoms with van der Waals surface area (Å²) in [6.07, 6.45) is 3.33. The van der Waals surface area contributed by atoms with Crippen LogP contribution in [0.5, 0.6) is 0 Å². The molecule has 0 fully saturated rings. The fourth-order valence-electron chi connectivity index (χ4n) is 2.36. The molecule has 2 aromatic carbocycles. The second-order valence-corrected chi connectivity index (χ2v) is 6.89. The lowest BCUT2D eigenvalue weighted by molar-refractivity contribution is 0.582. The predicted octanol–water partition coefficient (Wildman–Crippen LogP) is 3.68. The average Bonchev–Trinajstić information content (AvgIpc) is 3.00. The Labute approximate surface area is 138 Å². The standard InChI is InChI=1S/C17H14F2N2O2S/c18-14-6-7-16(15(19)9-14)21-24(22,23)17-11-20-10-13(17)8-12-4-2-1-3-5-12/h1-7,9-11,20-21H,8H2. The van der Waals surface area contributed by atoms with Crippen LogP contribution >= 0.6 is 0 Å². The van der Waals surface area contributed by atoms with E-state index >= 15 is 0 Å². The third-order valence-corrected chi connectivity index (χ3v) is 4.94. The van der Waals surface area contributed by atoms with Crippen molar-refractivity contribution < 1.29 is 17.2 Å². The zero-order chi connectivity index (χ0) is 17.2. The number of hydrogen-bond donors (Lipinski definition) is 2. The Morgan fingerprint density at radius 3 is 2.46 bits per heavy atom. The second kappa shape index (κ2) is 6.45. The maximum Gasteiger partial charge on any atom is 0.263 e. The molecule has 4 nitrogen and oxygen atoms in total. The van der Waals surface area contributed by atoms with Crippen LogP contribution in [0.1, 0.15) is 11.1 Å². The van der Waals surface area contributed by atoms with Crippen molar-refractivity contribution in [2.75, 3.05) is 4.72 Å². The quantitative estimate of drug-likeness (QED) is 0.739. The van der Waals surface area contributed by atoms with Crippen molar-refractivity contribution in [3.05, 3.63) is 83.7 Å². The number of anilines is 1. The van der Waals surface area contributed by atoms with Gasteiger partial charge >= 0.3 is 0 Å². The minimum absolute atomic E-state index is 0.0232. The minimum Gasteiger partial charge on any atom is -0.366 e. The maximum absolute atomic E-state index is 13.7. The van der Waals surface area contributed by atoms with E-state index in [0.29, 0.717) is 18.1 Å². The van der Waals surface area contributed by atoms with Crippen molar-refractivity contribution in [1.82, 2.24) is 4.98 Å². The Bertz CT molecular complexity index is 954. The molecule has 0 aliphatic rings. The van der Waals surface area contributed by atoms with Gasteiger partial charge < -0.3 is 4.98 Å². The molecule has 0 saturated carbocycles. The summed E-state index contributed by atoms with van der Waals surface area (Å²) in [6, 6.07) is 12.0. The zero-order valence-electron chi connectivity index (χ0n) is 12.5. The Kier molecular flexibility index (Phi) is 4.35. The average molecular weight is 348 g/mol. The molecular weight excluding hydrogens is 334 g/mol. The van der Waals surface area contributed by atoms with E-state index in [1.807, 2.05) is 30.3 Å². The van der Waals surface area contributed by atoms with Crippen LogP contribution < -0.4 is 4.72 Å². The van der Waals surface area contributed by atoms with Crippen molar-refractivity contribution in [1.29, 1.82) is 0 Å². The van der Waals surface area contributed by atoms with E-state index in [0.717, 1.165) is 17.7 Å². The summed E-state index contributed by atoms with van der Waals surface area (Å²) in [4.78, 5) is 2.78. The van der Waals surface area contributed by atoms with Crippen LogP contribution in [0.25, 0.3) is 0 Å². The molecule has 2 N–H and O–H groups in total. The molecule has 1 heterocycles. The first-order valence-corrected chi connectivity index (χ1v) is 8.61. The summed E-state index contributed by atoms with van der Waals surface area (Å²) in [7, 11) is -4.00. The van der Waals surface area contributed by atoms with Crippen molar-refractivity contribution >= 4 is 15.7 Å². The SMILES string of the molecule is O=S(=O)(Nc1ccc(F)cc1F)c1c[nH]cc1Cc1ccccc1. The molecule has 7 heteroatoms. The van der Waals surface area contributed by atoms with Crippen molar-refractivity contribution in [3.8, 4) is 0 Å². The molecule has 0 radical (unpaired) electrons. The Balaban J connectivity index is 1.89. The van der Waals surface area contributed by atoms with Gasteiger partial charge in [0.05, 0.1) is 5.69 Å². The van der Waals surface area contributed by atoms with Crippen LogP contribution in [-0.2, 0) is 16.4 Å². The molecule has 24 heavy (non-hydrogen) atoms. The van der Waals surface area contributed by atoms with E-state index in [4.69, 9.17) is 0 Å². The molecular formula is C17H14F2N2O2S. The molecule has 0 unspecified atom stereocenters. The summed E-state index contributed by atoms with van der Waals surface area (Å²) in [5, 5.41) is 0. The molecule has 0 aliphatic carbocycles. The lowest BCUT2D eigenvalue weighted by Gasteiger charge is -2.10. The fraction of sp³-hybridized carbons (Fsp3) is 0.0588. The van der Waals surface area contributed by atoms with Gasteiger partial charge in [0.1, 0.15) is 16.5 Å². The normalized spacial score (nSPS) is 11.4. The van der Waals surface area contributed by atoms with Crippen molar-refractivity contribution in [2.24, 2.45) is 0 Å². The zero-order valence-corrected chi connectivity index (χ0v) is 13.3. The molecule has 0 bridgehead atoms. The van der Waals surface area contributed by atoms with E-state index in [1.165, 1.54) is 6.20 Å². The minimum atomic E-state index is -4.00. The third-order valence-electron chi connectivity index (χ3n) is 3.49. The Hall–Kier alpha value is -2.67. The summed E-state index contributed by atoms with van der Waals surface area (Å²) in [5.41, 5.74) is 1.20. The molecule has 3 aromatic rings. The van der Waals surface area contributed by atoms with E-state index in [1.54, 1.807) is 6.20 Å². The maximum atomic E-state index is 13.7. The predicted molar refractivity (Wildman–Crippen MR) is 87.2 cm³/mol. The lowest BCUT2D eigenvalue weighted by Crippen LogP contribution is -2.15. The molecule has 1 aromatic heterocycles. The number of aromatic nitrogens is 1. The van der Waals surface area contributed by atoms with Crippen LogP contribution in [0.2, 0.25) is 0 Å². The number of halogens is 2. The number of H-pyrrole nitrogens is 1. The van der Waals surface area contributed by atoms with Gasteiger partial charge in [0.25, 0.3) is 10.0 Å².